The molecule has 4 aromatic rings. The second kappa shape index (κ2) is 12.4. The van der Waals surface area contributed by atoms with Crippen molar-refractivity contribution >= 4 is 38.8 Å². The third kappa shape index (κ3) is 6.16. The van der Waals surface area contributed by atoms with Gasteiger partial charge in [-0.05, 0) is 112 Å². The number of aromatic nitrogens is 1. The Kier molecular flexibility index (Phi) is 8.60. The van der Waals surface area contributed by atoms with Crippen molar-refractivity contribution in [3.8, 4) is 17.0 Å². The molecule has 44 heavy (non-hydrogen) atoms. The van der Waals surface area contributed by atoms with Gasteiger partial charge < -0.3 is 18.8 Å². The Balaban J connectivity index is 1.34. The van der Waals surface area contributed by atoms with E-state index in [0.717, 1.165) is 40.7 Å². The summed E-state index contributed by atoms with van der Waals surface area (Å²) in [5.74, 6) is 0.651. The van der Waals surface area contributed by atoms with Gasteiger partial charge in [-0.2, -0.15) is 0 Å². The van der Waals surface area contributed by atoms with Gasteiger partial charge in [0.05, 0.1) is 23.9 Å². The van der Waals surface area contributed by atoms with Crippen LogP contribution in [0.3, 0.4) is 0 Å². The van der Waals surface area contributed by atoms with E-state index in [9.17, 15) is 9.59 Å². The Morgan fingerprint density at radius 3 is 2.41 bits per heavy atom. The topological polar surface area (TPSA) is 66.8 Å². The van der Waals surface area contributed by atoms with E-state index in [2.05, 4.69) is 44.8 Å². The van der Waals surface area contributed by atoms with Gasteiger partial charge in [0, 0.05) is 33.0 Å². The van der Waals surface area contributed by atoms with E-state index in [1.54, 1.807) is 6.07 Å². The van der Waals surface area contributed by atoms with Gasteiger partial charge in [0.25, 0.3) is 0 Å². The molecule has 0 saturated heterocycles. The lowest BCUT2D eigenvalue weighted by atomic mass is 9.81. The summed E-state index contributed by atoms with van der Waals surface area (Å²) < 4.78 is 20.3. The Morgan fingerprint density at radius 1 is 0.909 bits per heavy atom. The number of ether oxygens (including phenoxy) is 3. The van der Waals surface area contributed by atoms with Crippen LogP contribution in [0.25, 0.3) is 22.2 Å². The maximum atomic E-state index is 12.7. The van der Waals surface area contributed by atoms with Crippen molar-refractivity contribution in [3.05, 3.63) is 86.9 Å². The SMILES string of the molecule is COC(=O)c1ccc2c(C3CCCCC3)c3n(c2c1)CCCc1cc(OCc2cc(C(=O)OC(C)(C)C)ccc2Br)ccc1-3. The number of rotatable bonds is 6. The number of benzene rings is 3. The maximum Gasteiger partial charge on any atom is 0.338 e. The lowest BCUT2D eigenvalue weighted by Crippen LogP contribution is -2.24. The summed E-state index contributed by atoms with van der Waals surface area (Å²) in [5, 5.41) is 1.25. The summed E-state index contributed by atoms with van der Waals surface area (Å²) in [6, 6.07) is 18.0. The lowest BCUT2D eigenvalue weighted by molar-refractivity contribution is 0.00691. The van der Waals surface area contributed by atoms with Crippen LogP contribution in [-0.2, 0) is 29.0 Å². The molecule has 1 aromatic heterocycles. The number of esters is 2. The molecule has 2 heterocycles. The molecule has 0 bridgehead atoms. The zero-order valence-corrected chi connectivity index (χ0v) is 27.6. The number of halogens is 1. The van der Waals surface area contributed by atoms with Gasteiger partial charge in [0.1, 0.15) is 18.0 Å². The van der Waals surface area contributed by atoms with Crippen LogP contribution in [-0.4, -0.2) is 29.2 Å². The second-order valence-electron chi connectivity index (χ2n) is 13.0. The van der Waals surface area contributed by atoms with Gasteiger partial charge >= 0.3 is 11.9 Å². The highest BCUT2D eigenvalue weighted by atomic mass is 79.9. The van der Waals surface area contributed by atoms with Gasteiger partial charge in [-0.1, -0.05) is 41.3 Å². The first-order valence-electron chi connectivity index (χ1n) is 15.7. The molecule has 230 valence electrons. The van der Waals surface area contributed by atoms with E-state index in [1.807, 2.05) is 45.0 Å². The first kappa shape index (κ1) is 30.4. The lowest BCUT2D eigenvalue weighted by Gasteiger charge is -2.24. The quantitative estimate of drug-likeness (QED) is 0.193. The third-order valence-electron chi connectivity index (χ3n) is 8.77. The number of carbonyl (C=O) groups excluding carboxylic acids is 2. The number of hydrogen-bond donors (Lipinski definition) is 0. The average molecular weight is 659 g/mol. The van der Waals surface area contributed by atoms with Crippen LogP contribution in [0.5, 0.6) is 5.75 Å². The van der Waals surface area contributed by atoms with E-state index >= 15 is 0 Å². The van der Waals surface area contributed by atoms with Crippen LogP contribution in [0.2, 0.25) is 0 Å². The molecule has 0 radical (unpaired) electrons. The van der Waals surface area contributed by atoms with Crippen molar-refractivity contribution in [1.29, 1.82) is 0 Å². The van der Waals surface area contributed by atoms with Gasteiger partial charge in [-0.15, -0.1) is 0 Å². The predicted molar refractivity (Wildman–Crippen MR) is 177 cm³/mol. The number of hydrogen-bond acceptors (Lipinski definition) is 5. The highest BCUT2D eigenvalue weighted by Crippen LogP contribution is 2.46. The van der Waals surface area contributed by atoms with Crippen molar-refractivity contribution in [2.75, 3.05) is 7.11 Å². The van der Waals surface area contributed by atoms with Gasteiger partial charge in [0.2, 0.25) is 0 Å². The second-order valence-corrected chi connectivity index (χ2v) is 13.8. The summed E-state index contributed by atoms with van der Waals surface area (Å²) in [6.45, 7) is 6.80. The molecule has 6 nitrogen and oxygen atoms in total. The minimum absolute atomic E-state index is 0.305. The largest absolute Gasteiger partial charge is 0.489 e. The first-order chi connectivity index (χ1) is 21.1. The average Bonchev–Trinajstić information content (AvgIpc) is 3.21. The zero-order valence-electron chi connectivity index (χ0n) is 26.0. The van der Waals surface area contributed by atoms with Crippen LogP contribution < -0.4 is 4.74 Å². The fraction of sp³-hybridized carbons (Fsp3) is 0.405. The van der Waals surface area contributed by atoms with Crippen molar-refractivity contribution < 1.29 is 23.8 Å². The molecule has 0 amide bonds. The van der Waals surface area contributed by atoms with Crippen LogP contribution >= 0.6 is 15.9 Å². The highest BCUT2D eigenvalue weighted by Gasteiger charge is 2.29. The Morgan fingerprint density at radius 2 is 1.66 bits per heavy atom. The van der Waals surface area contributed by atoms with Crippen molar-refractivity contribution in [2.45, 2.75) is 90.4 Å². The molecular weight excluding hydrogens is 618 g/mol. The molecule has 2 aliphatic rings. The third-order valence-corrected chi connectivity index (χ3v) is 9.55. The van der Waals surface area contributed by atoms with E-state index in [-0.39, 0.29) is 11.9 Å². The summed E-state index contributed by atoms with van der Waals surface area (Å²) in [6.07, 6.45) is 8.11. The molecule has 3 aromatic carbocycles. The Hall–Kier alpha value is -3.58. The maximum absolute atomic E-state index is 12.7. The summed E-state index contributed by atoms with van der Waals surface area (Å²) in [4.78, 5) is 25.1. The smallest absolute Gasteiger partial charge is 0.338 e. The van der Waals surface area contributed by atoms with Crippen molar-refractivity contribution in [2.24, 2.45) is 0 Å². The van der Waals surface area contributed by atoms with Crippen LogP contribution in [0.4, 0.5) is 0 Å². The van der Waals surface area contributed by atoms with Crippen molar-refractivity contribution in [3.63, 3.8) is 0 Å². The molecule has 7 heteroatoms. The summed E-state index contributed by atoms with van der Waals surface area (Å²) >= 11 is 3.62. The fourth-order valence-electron chi connectivity index (χ4n) is 6.78. The standard InChI is InChI=1S/C37H40BrNO5/c1-37(2,3)44-36(41)25-13-17-31(38)27(19-25)22-43-28-14-16-29-24(20-28)11-8-18-39-32-21-26(35(40)42-4)12-15-30(32)33(34(29)39)23-9-6-5-7-10-23/h12-17,19-21,23H,5-11,18,22H2,1-4H3. The molecule has 1 aliphatic carbocycles. The number of aryl methyl sites for hydroxylation is 2. The van der Waals surface area contributed by atoms with Crippen LogP contribution in [0.15, 0.2) is 59.1 Å². The molecule has 0 unspecified atom stereocenters. The molecule has 0 spiro atoms. The molecule has 1 aliphatic heterocycles. The predicted octanol–water partition coefficient (Wildman–Crippen LogP) is 9.39. The summed E-state index contributed by atoms with van der Waals surface area (Å²) in [5.41, 5.74) is 7.77. The van der Waals surface area contributed by atoms with E-state index in [1.165, 1.54) is 67.0 Å². The van der Waals surface area contributed by atoms with E-state index in [4.69, 9.17) is 14.2 Å². The number of fused-ring (bicyclic) bond motifs is 5. The minimum Gasteiger partial charge on any atom is -0.489 e. The van der Waals surface area contributed by atoms with Crippen LogP contribution in [0.1, 0.15) is 103 Å². The number of methoxy groups -OCH3 is 1. The molecule has 1 saturated carbocycles. The molecule has 1 fully saturated rings. The monoisotopic (exact) mass is 657 g/mol. The first-order valence-corrected chi connectivity index (χ1v) is 16.4. The van der Waals surface area contributed by atoms with Crippen molar-refractivity contribution in [1.82, 2.24) is 4.57 Å². The van der Waals surface area contributed by atoms with Gasteiger partial charge in [-0.3, -0.25) is 0 Å². The normalized spacial score (nSPS) is 15.3. The Labute approximate surface area is 267 Å². The van der Waals surface area contributed by atoms with E-state index < -0.39 is 5.60 Å². The Bertz CT molecular complexity index is 1720. The van der Waals surface area contributed by atoms with Crippen LogP contribution in [0, 0.1) is 0 Å². The number of nitrogens with zero attached hydrogens (tertiary/aromatic N) is 1. The summed E-state index contributed by atoms with van der Waals surface area (Å²) in [7, 11) is 1.44. The fourth-order valence-corrected chi connectivity index (χ4v) is 7.15. The van der Waals surface area contributed by atoms with Gasteiger partial charge in [-0.25, -0.2) is 9.59 Å². The minimum atomic E-state index is -0.561. The highest BCUT2D eigenvalue weighted by molar-refractivity contribution is 9.10. The molecule has 6 rings (SSSR count). The zero-order chi connectivity index (χ0) is 31.0. The molecule has 0 N–H and O–H groups in total. The van der Waals surface area contributed by atoms with Gasteiger partial charge in [0.15, 0.2) is 0 Å². The number of carbonyl (C=O) groups is 2. The molecule has 0 atom stereocenters. The van der Waals surface area contributed by atoms with E-state index in [0.29, 0.717) is 23.7 Å². The molecular formula is C37H40BrNO5.